The quantitative estimate of drug-likeness (QED) is 0.720. The lowest BCUT2D eigenvalue weighted by atomic mass is 10.2. The molecule has 0 aliphatic heterocycles. The summed E-state index contributed by atoms with van der Waals surface area (Å²) in [6.45, 7) is 4.45. The zero-order chi connectivity index (χ0) is 14.1. The standard InChI is InChI=1S/C14H22N2O3.ClH/c1-4-7-15-8-9-16-14(17)11-5-6-12(18-2)13(10-11)19-3;/h5-6,10,15H,4,7-9H2,1-3H3,(H,16,17);1H. The second-order valence-corrected chi connectivity index (χ2v) is 4.08. The first-order valence-corrected chi connectivity index (χ1v) is 6.43. The van der Waals surface area contributed by atoms with E-state index in [4.69, 9.17) is 9.47 Å². The number of halogens is 1. The summed E-state index contributed by atoms with van der Waals surface area (Å²) in [5, 5.41) is 6.07. The van der Waals surface area contributed by atoms with Crippen LogP contribution in [0, 0.1) is 0 Å². The van der Waals surface area contributed by atoms with Crippen molar-refractivity contribution in [2.45, 2.75) is 13.3 Å². The van der Waals surface area contributed by atoms with Crippen molar-refractivity contribution >= 4 is 18.3 Å². The average molecular weight is 303 g/mol. The van der Waals surface area contributed by atoms with Crippen LogP contribution >= 0.6 is 12.4 Å². The maximum absolute atomic E-state index is 11.9. The van der Waals surface area contributed by atoms with E-state index in [1.54, 1.807) is 32.4 Å². The fraction of sp³-hybridized carbons (Fsp3) is 0.500. The summed E-state index contributed by atoms with van der Waals surface area (Å²) in [7, 11) is 3.12. The number of nitrogens with one attached hydrogen (secondary N) is 2. The summed E-state index contributed by atoms with van der Waals surface area (Å²) in [6.07, 6.45) is 1.09. The van der Waals surface area contributed by atoms with Gasteiger partial charge in [-0.05, 0) is 31.2 Å². The molecule has 0 radical (unpaired) electrons. The minimum absolute atomic E-state index is 0. The third-order valence-electron chi connectivity index (χ3n) is 2.66. The predicted octanol–water partition coefficient (Wildman–Crippen LogP) is 1.85. The van der Waals surface area contributed by atoms with Crippen molar-refractivity contribution in [3.8, 4) is 11.5 Å². The van der Waals surface area contributed by atoms with Crippen LogP contribution in [-0.4, -0.2) is 39.8 Å². The van der Waals surface area contributed by atoms with E-state index >= 15 is 0 Å². The Balaban J connectivity index is 0.00000361. The molecule has 0 fully saturated rings. The lowest BCUT2D eigenvalue weighted by molar-refractivity contribution is 0.0953. The topological polar surface area (TPSA) is 59.6 Å². The molecule has 0 saturated carbocycles. The molecule has 1 aromatic carbocycles. The summed E-state index contributed by atoms with van der Waals surface area (Å²) >= 11 is 0. The number of ether oxygens (including phenoxy) is 2. The highest BCUT2D eigenvalue weighted by Crippen LogP contribution is 2.27. The summed E-state index contributed by atoms with van der Waals surface area (Å²) in [4.78, 5) is 11.9. The van der Waals surface area contributed by atoms with Gasteiger partial charge < -0.3 is 20.1 Å². The lowest BCUT2D eigenvalue weighted by Gasteiger charge is -2.10. The van der Waals surface area contributed by atoms with Crippen molar-refractivity contribution in [2.75, 3.05) is 33.9 Å². The van der Waals surface area contributed by atoms with E-state index in [1.807, 2.05) is 0 Å². The molecule has 0 unspecified atom stereocenters. The van der Waals surface area contributed by atoms with Gasteiger partial charge in [0.25, 0.3) is 5.91 Å². The first kappa shape index (κ1) is 18.5. The zero-order valence-electron chi connectivity index (χ0n) is 12.2. The third kappa shape index (κ3) is 5.67. The molecule has 5 nitrogen and oxygen atoms in total. The Morgan fingerprint density at radius 1 is 1.10 bits per heavy atom. The van der Waals surface area contributed by atoms with Crippen LogP contribution in [-0.2, 0) is 0 Å². The Kier molecular flexibility index (Phi) is 9.59. The highest BCUT2D eigenvalue weighted by Gasteiger charge is 2.09. The van der Waals surface area contributed by atoms with Gasteiger partial charge in [-0.3, -0.25) is 4.79 Å². The van der Waals surface area contributed by atoms with Crippen molar-refractivity contribution in [2.24, 2.45) is 0 Å². The number of benzene rings is 1. The monoisotopic (exact) mass is 302 g/mol. The van der Waals surface area contributed by atoms with Gasteiger partial charge in [0, 0.05) is 18.7 Å². The van der Waals surface area contributed by atoms with E-state index in [9.17, 15) is 4.79 Å². The van der Waals surface area contributed by atoms with E-state index in [1.165, 1.54) is 0 Å². The predicted molar refractivity (Wildman–Crippen MR) is 82.3 cm³/mol. The van der Waals surface area contributed by atoms with Crippen LogP contribution in [0.1, 0.15) is 23.7 Å². The molecule has 0 aromatic heterocycles. The molecule has 6 heteroatoms. The first-order valence-electron chi connectivity index (χ1n) is 6.43. The Morgan fingerprint density at radius 3 is 2.40 bits per heavy atom. The average Bonchev–Trinajstić information content (AvgIpc) is 2.46. The molecule has 0 aliphatic rings. The Labute approximate surface area is 126 Å². The normalized spacial score (nSPS) is 9.55. The minimum Gasteiger partial charge on any atom is -0.493 e. The van der Waals surface area contributed by atoms with Crippen LogP contribution in [0.5, 0.6) is 11.5 Å². The second kappa shape index (κ2) is 10.3. The number of hydrogen-bond acceptors (Lipinski definition) is 4. The van der Waals surface area contributed by atoms with Gasteiger partial charge in [-0.15, -0.1) is 12.4 Å². The summed E-state index contributed by atoms with van der Waals surface area (Å²) in [5.41, 5.74) is 0.563. The molecule has 0 heterocycles. The molecular formula is C14H23ClN2O3. The molecule has 1 amide bonds. The smallest absolute Gasteiger partial charge is 0.251 e. The third-order valence-corrected chi connectivity index (χ3v) is 2.66. The van der Waals surface area contributed by atoms with E-state index < -0.39 is 0 Å². The van der Waals surface area contributed by atoms with Crippen LogP contribution in [0.15, 0.2) is 18.2 Å². The molecule has 114 valence electrons. The Hall–Kier alpha value is -1.46. The number of methoxy groups -OCH3 is 2. The number of carbonyl (C=O) groups excluding carboxylic acids is 1. The van der Waals surface area contributed by atoms with Crippen molar-refractivity contribution in [1.82, 2.24) is 10.6 Å². The highest BCUT2D eigenvalue weighted by molar-refractivity contribution is 5.94. The molecule has 1 rings (SSSR count). The largest absolute Gasteiger partial charge is 0.493 e. The van der Waals surface area contributed by atoms with Gasteiger partial charge in [0.15, 0.2) is 11.5 Å². The molecule has 2 N–H and O–H groups in total. The van der Waals surface area contributed by atoms with Crippen LogP contribution in [0.3, 0.4) is 0 Å². The molecule has 0 spiro atoms. The molecular weight excluding hydrogens is 280 g/mol. The van der Waals surface area contributed by atoms with E-state index in [-0.39, 0.29) is 18.3 Å². The van der Waals surface area contributed by atoms with Gasteiger partial charge in [0.05, 0.1) is 14.2 Å². The van der Waals surface area contributed by atoms with E-state index in [2.05, 4.69) is 17.6 Å². The minimum atomic E-state index is -0.112. The molecule has 0 saturated heterocycles. The van der Waals surface area contributed by atoms with Crippen molar-refractivity contribution < 1.29 is 14.3 Å². The van der Waals surface area contributed by atoms with Crippen molar-refractivity contribution in [3.05, 3.63) is 23.8 Å². The number of rotatable bonds is 8. The summed E-state index contributed by atoms with van der Waals surface area (Å²) in [6, 6.07) is 5.12. The molecule has 1 aromatic rings. The van der Waals surface area contributed by atoms with Crippen LogP contribution < -0.4 is 20.1 Å². The zero-order valence-corrected chi connectivity index (χ0v) is 13.0. The molecule has 20 heavy (non-hydrogen) atoms. The van der Waals surface area contributed by atoms with Crippen LogP contribution in [0.4, 0.5) is 0 Å². The number of carbonyl (C=O) groups is 1. The van der Waals surface area contributed by atoms with Crippen molar-refractivity contribution in [1.29, 1.82) is 0 Å². The number of amides is 1. The Morgan fingerprint density at radius 2 is 1.80 bits per heavy atom. The number of hydrogen-bond donors (Lipinski definition) is 2. The van der Waals surface area contributed by atoms with Gasteiger partial charge in [0.1, 0.15) is 0 Å². The van der Waals surface area contributed by atoms with Gasteiger partial charge in [0.2, 0.25) is 0 Å². The summed E-state index contributed by atoms with van der Waals surface area (Å²) < 4.78 is 10.3. The fourth-order valence-corrected chi connectivity index (χ4v) is 1.65. The lowest BCUT2D eigenvalue weighted by Crippen LogP contribution is -2.32. The van der Waals surface area contributed by atoms with Gasteiger partial charge in [-0.1, -0.05) is 6.92 Å². The van der Waals surface area contributed by atoms with E-state index in [0.717, 1.165) is 19.5 Å². The summed E-state index contributed by atoms with van der Waals surface area (Å²) in [5.74, 6) is 1.06. The van der Waals surface area contributed by atoms with Crippen LogP contribution in [0.2, 0.25) is 0 Å². The molecule has 0 atom stereocenters. The van der Waals surface area contributed by atoms with Crippen molar-refractivity contribution in [3.63, 3.8) is 0 Å². The maximum Gasteiger partial charge on any atom is 0.251 e. The van der Waals surface area contributed by atoms with Gasteiger partial charge in [-0.25, -0.2) is 0 Å². The maximum atomic E-state index is 11.9. The second-order valence-electron chi connectivity index (χ2n) is 4.08. The molecule has 0 bridgehead atoms. The molecule has 0 aliphatic carbocycles. The van der Waals surface area contributed by atoms with E-state index in [0.29, 0.717) is 23.6 Å². The van der Waals surface area contributed by atoms with Gasteiger partial charge >= 0.3 is 0 Å². The first-order chi connectivity index (χ1) is 9.22. The highest BCUT2D eigenvalue weighted by atomic mass is 35.5. The SMILES string of the molecule is CCCNCCNC(=O)c1ccc(OC)c(OC)c1.Cl. The fourth-order valence-electron chi connectivity index (χ4n) is 1.65. The van der Waals surface area contributed by atoms with Crippen LogP contribution in [0.25, 0.3) is 0 Å². The Bertz CT molecular complexity index is 413. The van der Waals surface area contributed by atoms with Gasteiger partial charge in [-0.2, -0.15) is 0 Å².